The van der Waals surface area contributed by atoms with Crippen LogP contribution in [0.3, 0.4) is 0 Å². The van der Waals surface area contributed by atoms with Crippen molar-refractivity contribution >= 4 is 5.91 Å². The zero-order valence-corrected chi connectivity index (χ0v) is 11.9. The molecule has 0 aromatic carbocycles. The lowest BCUT2D eigenvalue weighted by atomic mass is 10.1. The molecule has 2 nitrogen and oxygen atoms in total. The van der Waals surface area contributed by atoms with E-state index < -0.39 is 0 Å². The van der Waals surface area contributed by atoms with Crippen molar-refractivity contribution in [3.05, 3.63) is 23.3 Å². The molecule has 0 atom stereocenters. The van der Waals surface area contributed by atoms with E-state index in [1.165, 1.54) is 0 Å². The van der Waals surface area contributed by atoms with E-state index in [0.717, 1.165) is 49.8 Å². The van der Waals surface area contributed by atoms with Gasteiger partial charge in [-0.1, -0.05) is 30.6 Å². The average molecular weight is 247 g/mol. The van der Waals surface area contributed by atoms with Crippen molar-refractivity contribution in [1.29, 1.82) is 0 Å². The Morgan fingerprint density at radius 1 is 1.22 bits per heavy atom. The van der Waals surface area contributed by atoms with Crippen LogP contribution < -0.4 is 5.32 Å². The second-order valence-electron chi connectivity index (χ2n) is 4.48. The van der Waals surface area contributed by atoms with Crippen LogP contribution in [0.1, 0.15) is 52.9 Å². The summed E-state index contributed by atoms with van der Waals surface area (Å²) in [5.41, 5.74) is 1.87. The van der Waals surface area contributed by atoms with Crippen LogP contribution in [0, 0.1) is 12.3 Å². The van der Waals surface area contributed by atoms with Crippen LogP contribution in [-0.2, 0) is 4.79 Å². The number of nitrogens with one attached hydrogen (secondary N) is 1. The molecule has 0 aliphatic carbocycles. The van der Waals surface area contributed by atoms with Crippen LogP contribution in [0.15, 0.2) is 23.3 Å². The average Bonchev–Trinajstić information content (AvgIpc) is 2.37. The first-order valence-electron chi connectivity index (χ1n) is 6.64. The van der Waals surface area contributed by atoms with Gasteiger partial charge < -0.3 is 5.32 Å². The van der Waals surface area contributed by atoms with Gasteiger partial charge in [0, 0.05) is 18.5 Å². The van der Waals surface area contributed by atoms with E-state index in [9.17, 15) is 4.79 Å². The van der Waals surface area contributed by atoms with Crippen LogP contribution >= 0.6 is 0 Å². The van der Waals surface area contributed by atoms with Gasteiger partial charge >= 0.3 is 0 Å². The van der Waals surface area contributed by atoms with Crippen molar-refractivity contribution in [3.63, 3.8) is 0 Å². The highest BCUT2D eigenvalue weighted by Crippen LogP contribution is 2.03. The highest BCUT2D eigenvalue weighted by molar-refractivity contribution is 5.93. The number of terminal acetylenes is 1. The molecule has 0 bridgehead atoms. The van der Waals surface area contributed by atoms with Crippen LogP contribution in [-0.4, -0.2) is 12.5 Å². The standard InChI is InChI=1S/C16H25NO/c1-5-7-8-9-10-11-12-17-16(18)15(4)13-14(3)6-2/h1,6,13H,7-12H2,2-4H3,(H,17,18)/b14-6+,15-13-. The SMILES string of the molecule is C#CCCCCCCNC(=O)/C(C)=C\C(C)=C\C. The number of carbonyl (C=O) groups is 1. The van der Waals surface area contributed by atoms with E-state index in [2.05, 4.69) is 11.2 Å². The summed E-state index contributed by atoms with van der Waals surface area (Å²) in [5, 5.41) is 2.93. The Bertz CT molecular complexity index is 345. The first-order chi connectivity index (χ1) is 8.61. The maximum absolute atomic E-state index is 11.7. The third-order valence-electron chi connectivity index (χ3n) is 2.79. The van der Waals surface area contributed by atoms with Crippen molar-refractivity contribution in [2.24, 2.45) is 0 Å². The molecule has 0 unspecified atom stereocenters. The monoisotopic (exact) mass is 247 g/mol. The molecule has 0 saturated carbocycles. The first-order valence-corrected chi connectivity index (χ1v) is 6.64. The van der Waals surface area contributed by atoms with Gasteiger partial charge in [0.2, 0.25) is 5.91 Å². The van der Waals surface area contributed by atoms with Gasteiger partial charge in [-0.3, -0.25) is 4.79 Å². The number of hydrogen-bond acceptors (Lipinski definition) is 1. The second-order valence-corrected chi connectivity index (χ2v) is 4.48. The maximum Gasteiger partial charge on any atom is 0.246 e. The predicted molar refractivity (Wildman–Crippen MR) is 78.1 cm³/mol. The summed E-state index contributed by atoms with van der Waals surface area (Å²) in [5.74, 6) is 2.66. The molecule has 0 aromatic heterocycles. The molecule has 1 amide bonds. The van der Waals surface area contributed by atoms with Gasteiger partial charge in [0.15, 0.2) is 0 Å². The summed E-state index contributed by atoms with van der Waals surface area (Å²) in [6.07, 6.45) is 14.3. The molecule has 1 N–H and O–H groups in total. The summed E-state index contributed by atoms with van der Waals surface area (Å²) < 4.78 is 0. The fourth-order valence-electron chi connectivity index (χ4n) is 1.54. The van der Waals surface area contributed by atoms with Crippen molar-refractivity contribution in [1.82, 2.24) is 5.32 Å². The molecule has 18 heavy (non-hydrogen) atoms. The molecule has 0 spiro atoms. The Balaban J connectivity index is 3.72. The van der Waals surface area contributed by atoms with E-state index in [-0.39, 0.29) is 5.91 Å². The van der Waals surface area contributed by atoms with E-state index in [0.29, 0.717) is 0 Å². The quantitative estimate of drug-likeness (QED) is 0.302. The zero-order valence-electron chi connectivity index (χ0n) is 11.9. The minimum atomic E-state index is 0.0276. The first kappa shape index (κ1) is 16.5. The highest BCUT2D eigenvalue weighted by atomic mass is 16.1. The fraction of sp³-hybridized carbons (Fsp3) is 0.562. The fourth-order valence-corrected chi connectivity index (χ4v) is 1.54. The molecule has 100 valence electrons. The van der Waals surface area contributed by atoms with Crippen LogP contribution in [0.2, 0.25) is 0 Å². The van der Waals surface area contributed by atoms with Gasteiger partial charge in [-0.2, -0.15) is 0 Å². The largest absolute Gasteiger partial charge is 0.352 e. The van der Waals surface area contributed by atoms with E-state index in [4.69, 9.17) is 6.42 Å². The zero-order chi connectivity index (χ0) is 13.8. The van der Waals surface area contributed by atoms with Crippen LogP contribution in [0.4, 0.5) is 0 Å². The van der Waals surface area contributed by atoms with Crippen molar-refractivity contribution in [3.8, 4) is 12.3 Å². The molecule has 0 aliphatic rings. The van der Waals surface area contributed by atoms with E-state index in [1.807, 2.05) is 32.9 Å². The molecule has 0 heterocycles. The number of amides is 1. The van der Waals surface area contributed by atoms with Gasteiger partial charge in [-0.05, 0) is 33.6 Å². The Morgan fingerprint density at radius 3 is 2.50 bits per heavy atom. The second kappa shape index (κ2) is 10.7. The summed E-state index contributed by atoms with van der Waals surface area (Å²) in [6.45, 7) is 6.54. The Hall–Kier alpha value is -1.49. The van der Waals surface area contributed by atoms with Crippen LogP contribution in [0.25, 0.3) is 0 Å². The van der Waals surface area contributed by atoms with Gasteiger partial charge in [-0.25, -0.2) is 0 Å². The predicted octanol–water partition coefficient (Wildman–Crippen LogP) is 3.60. The molecule has 2 heteroatoms. The lowest BCUT2D eigenvalue weighted by Crippen LogP contribution is -2.25. The van der Waals surface area contributed by atoms with Crippen molar-refractivity contribution in [2.75, 3.05) is 6.54 Å². The van der Waals surface area contributed by atoms with E-state index >= 15 is 0 Å². The third kappa shape index (κ3) is 8.64. The molecule has 0 saturated heterocycles. The number of rotatable bonds is 8. The van der Waals surface area contributed by atoms with E-state index in [1.54, 1.807) is 0 Å². The molecule has 0 aromatic rings. The highest BCUT2D eigenvalue weighted by Gasteiger charge is 2.02. The molecule has 0 rings (SSSR count). The van der Waals surface area contributed by atoms with Crippen molar-refractivity contribution in [2.45, 2.75) is 52.9 Å². The maximum atomic E-state index is 11.7. The molecular weight excluding hydrogens is 222 g/mol. The van der Waals surface area contributed by atoms with Gasteiger partial charge in [0.05, 0.1) is 0 Å². The Labute approximate surface area is 112 Å². The lowest BCUT2D eigenvalue weighted by molar-refractivity contribution is -0.117. The molecule has 0 radical (unpaired) electrons. The molecule has 0 aliphatic heterocycles. The summed E-state index contributed by atoms with van der Waals surface area (Å²) in [4.78, 5) is 11.7. The normalized spacial score (nSPS) is 12.1. The number of unbranched alkanes of at least 4 members (excludes halogenated alkanes) is 4. The Morgan fingerprint density at radius 2 is 1.89 bits per heavy atom. The Kier molecular flexibility index (Phi) is 9.77. The summed E-state index contributed by atoms with van der Waals surface area (Å²) in [6, 6.07) is 0. The van der Waals surface area contributed by atoms with Gasteiger partial charge in [0.25, 0.3) is 0 Å². The smallest absolute Gasteiger partial charge is 0.246 e. The molecule has 0 fully saturated rings. The van der Waals surface area contributed by atoms with Gasteiger partial charge in [-0.15, -0.1) is 12.3 Å². The lowest BCUT2D eigenvalue weighted by Gasteiger charge is -2.05. The minimum Gasteiger partial charge on any atom is -0.352 e. The summed E-state index contributed by atoms with van der Waals surface area (Å²) >= 11 is 0. The van der Waals surface area contributed by atoms with Gasteiger partial charge in [0.1, 0.15) is 0 Å². The topological polar surface area (TPSA) is 29.1 Å². The number of carbonyl (C=O) groups excluding carboxylic acids is 1. The summed E-state index contributed by atoms with van der Waals surface area (Å²) in [7, 11) is 0. The molecular formula is C16H25NO. The minimum absolute atomic E-state index is 0.0276. The van der Waals surface area contributed by atoms with Crippen LogP contribution in [0.5, 0.6) is 0 Å². The van der Waals surface area contributed by atoms with Crippen molar-refractivity contribution < 1.29 is 4.79 Å². The number of allylic oxidation sites excluding steroid dienone is 3. The third-order valence-corrected chi connectivity index (χ3v) is 2.79. The number of hydrogen-bond donors (Lipinski definition) is 1.